The van der Waals surface area contributed by atoms with E-state index in [9.17, 15) is 8.42 Å². The van der Waals surface area contributed by atoms with Gasteiger partial charge in [0.05, 0.1) is 10.7 Å². The van der Waals surface area contributed by atoms with Crippen LogP contribution in [0.1, 0.15) is 25.5 Å². The molecule has 7 heteroatoms. The molecule has 2 atom stereocenters. The fourth-order valence-electron chi connectivity index (χ4n) is 2.39. The number of nitrogens with zero attached hydrogens (tertiary/aromatic N) is 1. The minimum atomic E-state index is -3.14. The lowest BCUT2D eigenvalue weighted by molar-refractivity contribution is 0.579. The summed E-state index contributed by atoms with van der Waals surface area (Å²) in [6.07, 6.45) is 0. The fourth-order valence-corrected chi connectivity index (χ4v) is 5.67. The smallest absolute Gasteiger partial charge is 0.171 e. The van der Waals surface area contributed by atoms with Crippen LogP contribution in [0.3, 0.4) is 0 Å². The van der Waals surface area contributed by atoms with Gasteiger partial charge < -0.3 is 10.6 Å². The van der Waals surface area contributed by atoms with E-state index >= 15 is 0 Å². The first kappa shape index (κ1) is 16.9. The number of rotatable bonds is 4. The number of hydrogen-bond acceptors (Lipinski definition) is 5. The second-order valence-electron chi connectivity index (χ2n) is 5.17. The highest BCUT2D eigenvalue weighted by Gasteiger charge is 2.33. The molecule has 1 fully saturated rings. The molecule has 2 rings (SSSR count). The van der Waals surface area contributed by atoms with E-state index in [1.165, 1.54) is 0 Å². The predicted octanol–water partition coefficient (Wildman–Crippen LogP) is 2.67. The molecule has 1 aliphatic heterocycles. The number of halogens is 1. The van der Waals surface area contributed by atoms with Gasteiger partial charge in [0, 0.05) is 29.8 Å². The Morgan fingerprint density at radius 1 is 1.52 bits per heavy atom. The van der Waals surface area contributed by atoms with Crippen molar-refractivity contribution in [2.75, 3.05) is 28.7 Å². The number of anilines is 1. The fraction of sp³-hybridized carbons (Fsp3) is 0.571. The Labute approximate surface area is 135 Å². The molecule has 2 N–H and O–H groups in total. The van der Waals surface area contributed by atoms with Crippen LogP contribution < -0.4 is 10.6 Å². The van der Waals surface area contributed by atoms with Crippen LogP contribution in [0.5, 0.6) is 0 Å². The Balaban J connectivity index is 2.38. The van der Waals surface area contributed by atoms with Crippen molar-refractivity contribution in [2.24, 2.45) is 5.73 Å². The van der Waals surface area contributed by atoms with Gasteiger partial charge in [0.25, 0.3) is 0 Å². The quantitative estimate of drug-likeness (QED) is 0.906. The van der Waals surface area contributed by atoms with Crippen LogP contribution in [0.2, 0.25) is 5.02 Å². The molecule has 1 heterocycles. The van der Waals surface area contributed by atoms with Crippen LogP contribution in [-0.4, -0.2) is 37.6 Å². The minimum Gasteiger partial charge on any atom is -0.352 e. The second-order valence-corrected chi connectivity index (χ2v) is 9.18. The first-order valence-corrected chi connectivity index (χ1v) is 10.2. The highest BCUT2D eigenvalue weighted by molar-refractivity contribution is 8.01. The molecular weight excluding hydrogens is 328 g/mol. The molecule has 1 unspecified atom stereocenters. The van der Waals surface area contributed by atoms with Crippen LogP contribution in [0.25, 0.3) is 0 Å². The van der Waals surface area contributed by atoms with Crippen molar-refractivity contribution < 1.29 is 8.42 Å². The van der Waals surface area contributed by atoms with Gasteiger partial charge in [0.15, 0.2) is 9.84 Å². The lowest BCUT2D eigenvalue weighted by atomic mass is 10.1. The summed E-state index contributed by atoms with van der Waals surface area (Å²) in [5.41, 5.74) is 7.59. The zero-order chi connectivity index (χ0) is 15.6. The third-order valence-electron chi connectivity index (χ3n) is 3.71. The Kier molecular flexibility index (Phi) is 5.46. The number of benzene rings is 1. The molecule has 118 valence electrons. The van der Waals surface area contributed by atoms with E-state index in [0.717, 1.165) is 17.0 Å². The van der Waals surface area contributed by atoms with Gasteiger partial charge in [-0.15, -0.1) is 0 Å². The largest absolute Gasteiger partial charge is 0.352 e. The first-order valence-electron chi connectivity index (χ1n) is 6.97. The van der Waals surface area contributed by atoms with Gasteiger partial charge in [-0.25, -0.2) is 8.42 Å². The molecule has 0 bridgehead atoms. The average molecular weight is 349 g/mol. The standard InChI is InChI=1S/C14H21ClN2O2S2/c1-3-21(18,19)14-9-20-7-6-17(14)13-5-4-11(10(2)16)8-12(13)15/h4-5,8,10,14H,3,6-7,9,16H2,1-2H3/t10-,14?/m0/s1. The third kappa shape index (κ3) is 3.67. The van der Waals surface area contributed by atoms with Crippen molar-refractivity contribution in [1.82, 2.24) is 0 Å². The summed E-state index contributed by atoms with van der Waals surface area (Å²) < 4.78 is 24.6. The van der Waals surface area contributed by atoms with E-state index in [1.807, 2.05) is 30.0 Å². The molecule has 21 heavy (non-hydrogen) atoms. The summed E-state index contributed by atoms with van der Waals surface area (Å²) in [7, 11) is -3.14. The van der Waals surface area contributed by atoms with Crippen molar-refractivity contribution in [3.63, 3.8) is 0 Å². The molecule has 0 amide bonds. The van der Waals surface area contributed by atoms with Crippen molar-refractivity contribution >= 4 is 38.9 Å². The second kappa shape index (κ2) is 6.77. The third-order valence-corrected chi connectivity index (χ3v) is 7.30. The summed E-state index contributed by atoms with van der Waals surface area (Å²) in [5.74, 6) is 1.63. The molecular formula is C14H21ClN2O2S2. The number of nitrogens with two attached hydrogens (primary N) is 1. The van der Waals surface area contributed by atoms with E-state index in [2.05, 4.69) is 0 Å². The molecule has 4 nitrogen and oxygen atoms in total. The van der Waals surface area contributed by atoms with Crippen molar-refractivity contribution in [2.45, 2.75) is 25.3 Å². The minimum absolute atomic E-state index is 0.0939. The molecule has 0 aliphatic carbocycles. The monoisotopic (exact) mass is 348 g/mol. The van der Waals surface area contributed by atoms with Crippen LogP contribution in [-0.2, 0) is 9.84 Å². The highest BCUT2D eigenvalue weighted by atomic mass is 35.5. The molecule has 1 aliphatic rings. The zero-order valence-electron chi connectivity index (χ0n) is 12.3. The van der Waals surface area contributed by atoms with E-state index in [0.29, 0.717) is 17.3 Å². The Hall–Kier alpha value is -0.430. The summed E-state index contributed by atoms with van der Waals surface area (Å²) in [4.78, 5) is 1.92. The zero-order valence-corrected chi connectivity index (χ0v) is 14.6. The molecule has 1 aromatic rings. The van der Waals surface area contributed by atoms with Crippen molar-refractivity contribution in [3.05, 3.63) is 28.8 Å². The van der Waals surface area contributed by atoms with Gasteiger partial charge in [0.1, 0.15) is 5.37 Å². The topological polar surface area (TPSA) is 63.4 Å². The molecule has 1 aromatic carbocycles. The van der Waals surface area contributed by atoms with Crippen LogP contribution in [0, 0.1) is 0 Å². The summed E-state index contributed by atoms with van der Waals surface area (Å²) in [6.45, 7) is 4.27. The van der Waals surface area contributed by atoms with Gasteiger partial charge in [-0.05, 0) is 24.6 Å². The number of sulfone groups is 1. The van der Waals surface area contributed by atoms with Crippen molar-refractivity contribution in [1.29, 1.82) is 0 Å². The van der Waals surface area contributed by atoms with Gasteiger partial charge in [-0.2, -0.15) is 11.8 Å². The highest BCUT2D eigenvalue weighted by Crippen LogP contribution is 2.34. The summed E-state index contributed by atoms with van der Waals surface area (Å²) in [6, 6.07) is 5.54. The molecule has 1 saturated heterocycles. The maximum Gasteiger partial charge on any atom is 0.171 e. The van der Waals surface area contributed by atoms with Gasteiger partial charge in [0.2, 0.25) is 0 Å². The van der Waals surface area contributed by atoms with E-state index in [4.69, 9.17) is 17.3 Å². The summed E-state index contributed by atoms with van der Waals surface area (Å²) >= 11 is 8.04. The number of hydrogen-bond donors (Lipinski definition) is 1. The van der Waals surface area contributed by atoms with Gasteiger partial charge >= 0.3 is 0 Å². The Bertz CT molecular complexity index is 605. The number of thioether (sulfide) groups is 1. The van der Waals surface area contributed by atoms with E-state index in [1.54, 1.807) is 18.7 Å². The van der Waals surface area contributed by atoms with Gasteiger partial charge in [-0.3, -0.25) is 0 Å². The normalized spacial score (nSPS) is 21.3. The Morgan fingerprint density at radius 3 is 2.81 bits per heavy atom. The summed E-state index contributed by atoms with van der Waals surface area (Å²) in [5, 5.41) is 0.0629. The molecule has 0 spiro atoms. The molecule has 0 aromatic heterocycles. The maximum atomic E-state index is 12.3. The Morgan fingerprint density at radius 2 is 2.24 bits per heavy atom. The predicted molar refractivity (Wildman–Crippen MR) is 92.0 cm³/mol. The van der Waals surface area contributed by atoms with E-state index in [-0.39, 0.29) is 11.8 Å². The molecule has 0 radical (unpaired) electrons. The van der Waals surface area contributed by atoms with Crippen LogP contribution in [0.15, 0.2) is 18.2 Å². The first-order chi connectivity index (χ1) is 9.86. The maximum absolute atomic E-state index is 12.3. The molecule has 0 saturated carbocycles. The lowest BCUT2D eigenvalue weighted by Crippen LogP contribution is -2.48. The van der Waals surface area contributed by atoms with Crippen LogP contribution >= 0.6 is 23.4 Å². The van der Waals surface area contributed by atoms with E-state index < -0.39 is 15.2 Å². The van der Waals surface area contributed by atoms with Crippen molar-refractivity contribution in [3.8, 4) is 0 Å². The van der Waals surface area contributed by atoms with Crippen LogP contribution in [0.4, 0.5) is 5.69 Å². The lowest BCUT2D eigenvalue weighted by Gasteiger charge is -2.37. The average Bonchev–Trinajstić information content (AvgIpc) is 2.47. The SMILES string of the molecule is CCS(=O)(=O)C1CSCCN1c1ccc([C@H](C)N)cc1Cl. The van der Waals surface area contributed by atoms with Gasteiger partial charge in [-0.1, -0.05) is 24.6 Å².